The highest BCUT2D eigenvalue weighted by Gasteiger charge is 2.31. The van der Waals surface area contributed by atoms with Gasteiger partial charge in [0.15, 0.2) is 11.5 Å². The summed E-state index contributed by atoms with van der Waals surface area (Å²) >= 11 is 1.49. The second kappa shape index (κ2) is 8.28. The van der Waals surface area contributed by atoms with Gasteiger partial charge in [0.25, 0.3) is 0 Å². The van der Waals surface area contributed by atoms with Crippen LogP contribution < -0.4 is 10.5 Å². The van der Waals surface area contributed by atoms with Crippen molar-refractivity contribution in [2.45, 2.75) is 20.3 Å². The van der Waals surface area contributed by atoms with E-state index in [4.69, 9.17) is 19.5 Å². The van der Waals surface area contributed by atoms with Crippen LogP contribution in [-0.2, 0) is 20.0 Å². The smallest absolute Gasteiger partial charge is 0.367 e. The third-order valence-electron chi connectivity index (χ3n) is 4.68. The van der Waals surface area contributed by atoms with E-state index >= 15 is 0 Å². The van der Waals surface area contributed by atoms with Crippen LogP contribution in [0, 0.1) is 0 Å². The van der Waals surface area contributed by atoms with Crippen LogP contribution in [-0.4, -0.2) is 24.5 Å². The van der Waals surface area contributed by atoms with Gasteiger partial charge < -0.3 is 19.5 Å². The maximum atomic E-state index is 12.8. The lowest BCUT2D eigenvalue weighted by atomic mass is 9.96. The van der Waals surface area contributed by atoms with E-state index < -0.39 is 7.60 Å². The lowest BCUT2D eigenvalue weighted by molar-refractivity contribution is 0.197. The van der Waals surface area contributed by atoms with E-state index in [1.165, 1.54) is 11.3 Å². The van der Waals surface area contributed by atoms with E-state index in [0.717, 1.165) is 39.2 Å². The number of anilines is 1. The molecule has 29 heavy (non-hydrogen) atoms. The minimum absolute atomic E-state index is 0.152. The Morgan fingerprint density at radius 3 is 2.52 bits per heavy atom. The molecular weight excluding hydrogens is 407 g/mol. The molecule has 2 aromatic carbocycles. The third-order valence-corrected chi connectivity index (χ3v) is 7.31. The molecule has 0 amide bonds. The SMILES string of the molecule is CCOP(=O)(COc1ccc(-c2ccccc2)c2c1-c1nc(N)sc1C2)OCC. The molecule has 1 aliphatic carbocycles. The molecule has 1 aliphatic rings. The summed E-state index contributed by atoms with van der Waals surface area (Å²) in [7, 11) is -3.32. The van der Waals surface area contributed by atoms with Gasteiger partial charge in [0.2, 0.25) is 0 Å². The molecule has 3 aromatic rings. The molecular formula is C21H23N2O4PS. The lowest BCUT2D eigenvalue weighted by Crippen LogP contribution is -2.06. The van der Waals surface area contributed by atoms with E-state index in [1.54, 1.807) is 13.8 Å². The van der Waals surface area contributed by atoms with Gasteiger partial charge in [-0.3, -0.25) is 4.57 Å². The number of nitrogen functional groups attached to an aromatic ring is 1. The lowest BCUT2D eigenvalue weighted by Gasteiger charge is -2.19. The Labute approximate surface area is 174 Å². The van der Waals surface area contributed by atoms with E-state index in [9.17, 15) is 4.57 Å². The van der Waals surface area contributed by atoms with Crippen LogP contribution in [0.1, 0.15) is 24.3 Å². The summed E-state index contributed by atoms with van der Waals surface area (Å²) in [6.45, 7) is 4.14. The Hall–Kier alpha value is -2.18. The van der Waals surface area contributed by atoms with Crippen LogP contribution in [0.2, 0.25) is 0 Å². The quantitative estimate of drug-likeness (QED) is 0.368. The average molecular weight is 430 g/mol. The van der Waals surface area contributed by atoms with Crippen molar-refractivity contribution in [1.82, 2.24) is 4.98 Å². The summed E-state index contributed by atoms with van der Waals surface area (Å²) in [4.78, 5) is 5.64. The zero-order chi connectivity index (χ0) is 20.4. The van der Waals surface area contributed by atoms with E-state index in [2.05, 4.69) is 17.1 Å². The molecule has 8 heteroatoms. The van der Waals surface area contributed by atoms with Gasteiger partial charge in [-0.2, -0.15) is 0 Å². The number of aromatic nitrogens is 1. The first-order chi connectivity index (χ1) is 14.0. The minimum Gasteiger partial charge on any atom is -0.480 e. The Morgan fingerprint density at radius 2 is 1.83 bits per heavy atom. The average Bonchev–Trinajstić information content (AvgIpc) is 3.23. The molecule has 0 spiro atoms. The highest BCUT2D eigenvalue weighted by Crippen LogP contribution is 2.52. The fourth-order valence-corrected chi connectivity index (χ4v) is 5.74. The van der Waals surface area contributed by atoms with Crippen LogP contribution >= 0.6 is 18.9 Å². The third kappa shape index (κ3) is 3.96. The van der Waals surface area contributed by atoms with Crippen molar-refractivity contribution in [3.63, 3.8) is 0 Å². The maximum absolute atomic E-state index is 12.8. The first-order valence-corrected chi connectivity index (χ1v) is 12.1. The highest BCUT2D eigenvalue weighted by molar-refractivity contribution is 7.53. The number of hydrogen-bond acceptors (Lipinski definition) is 7. The molecule has 1 aromatic heterocycles. The van der Waals surface area contributed by atoms with Crippen molar-refractivity contribution in [2.75, 3.05) is 25.3 Å². The Kier molecular flexibility index (Phi) is 5.74. The molecule has 0 saturated heterocycles. The summed E-state index contributed by atoms with van der Waals surface area (Å²) < 4.78 is 29.5. The molecule has 0 saturated carbocycles. The van der Waals surface area contributed by atoms with Crippen molar-refractivity contribution >= 4 is 24.1 Å². The first-order valence-electron chi connectivity index (χ1n) is 9.52. The number of fused-ring (bicyclic) bond motifs is 3. The number of nitrogens with two attached hydrogens (primary N) is 1. The van der Waals surface area contributed by atoms with Crippen LogP contribution in [0.5, 0.6) is 5.75 Å². The summed E-state index contributed by atoms with van der Waals surface area (Å²) in [5.41, 5.74) is 11.1. The fourth-order valence-electron chi connectivity index (χ4n) is 3.58. The largest absolute Gasteiger partial charge is 0.480 e. The highest BCUT2D eigenvalue weighted by atomic mass is 32.1. The van der Waals surface area contributed by atoms with Crippen LogP contribution in [0.25, 0.3) is 22.4 Å². The molecule has 0 bridgehead atoms. The predicted molar refractivity (Wildman–Crippen MR) is 117 cm³/mol. The normalized spacial score (nSPS) is 12.6. The summed E-state index contributed by atoms with van der Waals surface area (Å²) in [6.07, 6.45) is 0.594. The Balaban J connectivity index is 1.74. The van der Waals surface area contributed by atoms with Gasteiger partial charge in [0.05, 0.1) is 18.9 Å². The molecule has 0 atom stereocenters. The topological polar surface area (TPSA) is 83.7 Å². The van der Waals surface area contributed by atoms with Gasteiger partial charge in [-0.15, -0.1) is 11.3 Å². The van der Waals surface area contributed by atoms with Crippen molar-refractivity contribution in [3.05, 3.63) is 52.9 Å². The van der Waals surface area contributed by atoms with E-state index in [1.807, 2.05) is 30.3 Å². The van der Waals surface area contributed by atoms with Crippen LogP contribution in [0.15, 0.2) is 42.5 Å². The van der Waals surface area contributed by atoms with Gasteiger partial charge in [0, 0.05) is 16.9 Å². The van der Waals surface area contributed by atoms with Gasteiger partial charge >= 0.3 is 7.60 Å². The van der Waals surface area contributed by atoms with Crippen molar-refractivity contribution in [3.8, 4) is 28.1 Å². The summed E-state index contributed by atoms with van der Waals surface area (Å²) in [6, 6.07) is 14.1. The second-order valence-electron chi connectivity index (χ2n) is 6.55. The first kappa shape index (κ1) is 20.1. The number of benzene rings is 2. The van der Waals surface area contributed by atoms with Gasteiger partial charge in [-0.25, -0.2) is 4.98 Å². The van der Waals surface area contributed by atoms with Crippen molar-refractivity contribution in [1.29, 1.82) is 0 Å². The summed E-state index contributed by atoms with van der Waals surface area (Å²) in [5.74, 6) is 0.614. The molecule has 0 radical (unpaired) electrons. The van der Waals surface area contributed by atoms with Gasteiger partial charge in [0.1, 0.15) is 5.75 Å². The molecule has 0 aliphatic heterocycles. The molecule has 2 N–H and O–H groups in total. The standard InChI is InChI=1S/C21H23N2O4PS/c1-3-26-28(24,27-4-2)13-25-17-11-10-15(14-8-6-5-7-9-14)16-12-18-20(19(16)17)23-21(22)29-18/h5-11H,3-4,12-13H2,1-2H3,(H2,22,23). The molecule has 152 valence electrons. The number of rotatable bonds is 8. The predicted octanol–water partition coefficient (Wildman–Crippen LogP) is 5.57. The van der Waals surface area contributed by atoms with Crippen molar-refractivity contribution in [2.24, 2.45) is 0 Å². The second-order valence-corrected chi connectivity index (χ2v) is 9.66. The number of thiazole rings is 1. The number of ether oxygens (including phenoxy) is 1. The van der Waals surface area contributed by atoms with Crippen LogP contribution in [0.3, 0.4) is 0 Å². The van der Waals surface area contributed by atoms with E-state index in [-0.39, 0.29) is 6.35 Å². The van der Waals surface area contributed by atoms with E-state index in [0.29, 0.717) is 24.1 Å². The van der Waals surface area contributed by atoms with Crippen LogP contribution in [0.4, 0.5) is 5.13 Å². The van der Waals surface area contributed by atoms with Crippen molar-refractivity contribution < 1.29 is 18.3 Å². The fraction of sp³-hybridized carbons (Fsp3) is 0.286. The maximum Gasteiger partial charge on any atom is 0.367 e. The molecule has 1 heterocycles. The molecule has 0 fully saturated rings. The monoisotopic (exact) mass is 430 g/mol. The zero-order valence-corrected chi connectivity index (χ0v) is 18.1. The number of nitrogens with zero attached hydrogens (tertiary/aromatic N) is 1. The molecule has 6 nitrogen and oxygen atoms in total. The number of hydrogen-bond donors (Lipinski definition) is 1. The van der Waals surface area contributed by atoms with Gasteiger partial charge in [-0.1, -0.05) is 36.4 Å². The molecule has 4 rings (SSSR count). The summed E-state index contributed by atoms with van der Waals surface area (Å²) in [5, 5.41) is 0.533. The Morgan fingerprint density at radius 1 is 1.10 bits per heavy atom. The molecule has 0 unspecified atom stereocenters. The Bertz CT molecular complexity index is 1060. The minimum atomic E-state index is -3.32. The zero-order valence-electron chi connectivity index (χ0n) is 16.4. The van der Waals surface area contributed by atoms with Gasteiger partial charge in [-0.05, 0) is 36.6 Å².